The number of thiazole rings is 1. The first-order valence-electron chi connectivity index (χ1n) is 10.3. The van der Waals surface area contributed by atoms with Gasteiger partial charge < -0.3 is 0 Å². The fourth-order valence-corrected chi connectivity index (χ4v) is 5.92. The first-order chi connectivity index (χ1) is 15.2. The Morgan fingerprint density at radius 3 is 2.69 bits per heavy atom. The summed E-state index contributed by atoms with van der Waals surface area (Å²) in [5.74, 6) is -0.514. The standard InChI is InChI=1S/C25H20BrFN2O2S/c1-25(2)12-18-21(19(30)13-25)22(16-8-3-4-9-17(16)27)29-23(31)20(32-24(29)28-18)11-14-6-5-7-15(26)10-14/h3-11,22H,12-13H2,1-2H3. The van der Waals surface area contributed by atoms with Gasteiger partial charge in [-0.05, 0) is 41.7 Å². The summed E-state index contributed by atoms with van der Waals surface area (Å²) in [6.07, 6.45) is 2.76. The van der Waals surface area contributed by atoms with Crippen molar-refractivity contribution in [3.05, 3.63) is 101 Å². The fourth-order valence-electron chi connectivity index (χ4n) is 4.49. The Hall–Kier alpha value is -2.64. The van der Waals surface area contributed by atoms with Crippen molar-refractivity contribution in [3.63, 3.8) is 0 Å². The molecule has 1 aliphatic carbocycles. The molecule has 2 heterocycles. The lowest BCUT2D eigenvalue weighted by Crippen LogP contribution is -2.42. The monoisotopic (exact) mass is 510 g/mol. The van der Waals surface area contributed by atoms with E-state index in [1.165, 1.54) is 22.0 Å². The van der Waals surface area contributed by atoms with Crippen LogP contribution in [-0.2, 0) is 4.79 Å². The summed E-state index contributed by atoms with van der Waals surface area (Å²) in [6, 6.07) is 13.2. The van der Waals surface area contributed by atoms with Gasteiger partial charge in [-0.3, -0.25) is 14.2 Å². The van der Waals surface area contributed by atoms with Gasteiger partial charge in [0.05, 0.1) is 16.3 Å². The average molecular weight is 511 g/mol. The van der Waals surface area contributed by atoms with E-state index in [2.05, 4.69) is 15.9 Å². The van der Waals surface area contributed by atoms with Gasteiger partial charge in [-0.25, -0.2) is 9.38 Å². The highest BCUT2D eigenvalue weighted by Gasteiger charge is 2.41. The number of hydrogen-bond acceptors (Lipinski definition) is 4. The Kier molecular flexibility index (Phi) is 5.13. The van der Waals surface area contributed by atoms with Crippen molar-refractivity contribution >= 4 is 39.1 Å². The van der Waals surface area contributed by atoms with Crippen LogP contribution >= 0.6 is 27.3 Å². The first kappa shape index (κ1) is 21.2. The molecule has 4 nitrogen and oxygen atoms in total. The molecule has 7 heteroatoms. The molecule has 0 spiro atoms. The fraction of sp³-hybridized carbons (Fsp3) is 0.240. The number of Topliss-reactive ketones (excluding diaryl/α,β-unsaturated/α-hetero) is 1. The third-order valence-corrected chi connectivity index (χ3v) is 7.32. The summed E-state index contributed by atoms with van der Waals surface area (Å²) in [6.45, 7) is 4.07. The Labute approximate surface area is 196 Å². The zero-order chi connectivity index (χ0) is 22.6. The maximum atomic E-state index is 14.9. The number of aromatic nitrogens is 1. The summed E-state index contributed by atoms with van der Waals surface area (Å²) in [5, 5.41) is 0. The molecule has 1 atom stereocenters. The Morgan fingerprint density at radius 1 is 1.16 bits per heavy atom. The molecule has 5 rings (SSSR count). The van der Waals surface area contributed by atoms with E-state index in [9.17, 15) is 14.0 Å². The number of rotatable bonds is 2. The molecule has 0 bridgehead atoms. The van der Waals surface area contributed by atoms with Crippen LogP contribution in [0.4, 0.5) is 4.39 Å². The molecule has 2 aliphatic rings. The summed E-state index contributed by atoms with van der Waals surface area (Å²) in [4.78, 5) is 32.0. The molecule has 0 N–H and O–H groups in total. The Morgan fingerprint density at radius 2 is 1.94 bits per heavy atom. The first-order valence-corrected chi connectivity index (χ1v) is 11.9. The van der Waals surface area contributed by atoms with Crippen LogP contribution in [0.15, 0.2) is 74.1 Å². The third kappa shape index (κ3) is 3.63. The summed E-state index contributed by atoms with van der Waals surface area (Å²) >= 11 is 4.72. The minimum absolute atomic E-state index is 0.0745. The SMILES string of the molecule is CC1(C)CC(=O)C2=C(C1)N=c1sc(=Cc3cccc(Br)c3)c(=O)n1C2c1ccccc1F. The largest absolute Gasteiger partial charge is 0.294 e. The van der Waals surface area contributed by atoms with Crippen molar-refractivity contribution in [3.8, 4) is 0 Å². The van der Waals surface area contributed by atoms with Gasteiger partial charge in [0.1, 0.15) is 5.82 Å². The number of ketones is 1. The molecular weight excluding hydrogens is 491 g/mol. The molecule has 162 valence electrons. The van der Waals surface area contributed by atoms with Crippen LogP contribution in [0.5, 0.6) is 0 Å². The maximum absolute atomic E-state index is 14.9. The van der Waals surface area contributed by atoms with Gasteiger partial charge in [0.2, 0.25) is 0 Å². The van der Waals surface area contributed by atoms with Crippen molar-refractivity contribution in [2.24, 2.45) is 10.4 Å². The predicted molar refractivity (Wildman–Crippen MR) is 127 cm³/mol. The van der Waals surface area contributed by atoms with Gasteiger partial charge in [0.15, 0.2) is 10.6 Å². The van der Waals surface area contributed by atoms with Crippen molar-refractivity contribution in [1.82, 2.24) is 4.57 Å². The van der Waals surface area contributed by atoms with Crippen LogP contribution in [0.25, 0.3) is 6.08 Å². The molecule has 0 amide bonds. The molecule has 0 saturated heterocycles. The molecule has 0 radical (unpaired) electrons. The van der Waals surface area contributed by atoms with Crippen molar-refractivity contribution in [2.45, 2.75) is 32.7 Å². The van der Waals surface area contributed by atoms with Crippen molar-refractivity contribution in [2.75, 3.05) is 0 Å². The van der Waals surface area contributed by atoms with Gasteiger partial charge in [-0.2, -0.15) is 0 Å². The number of halogens is 2. The Bertz CT molecular complexity index is 1480. The third-order valence-electron chi connectivity index (χ3n) is 5.84. The molecule has 2 aromatic carbocycles. The number of nitrogens with zero attached hydrogens (tertiary/aromatic N) is 2. The van der Waals surface area contributed by atoms with E-state index in [4.69, 9.17) is 4.99 Å². The number of allylic oxidation sites excluding steroid dienone is 2. The second kappa shape index (κ2) is 7.74. The highest BCUT2D eigenvalue weighted by atomic mass is 79.9. The molecule has 1 unspecified atom stereocenters. The van der Waals surface area contributed by atoms with E-state index in [0.717, 1.165) is 10.0 Å². The molecule has 1 aromatic heterocycles. The zero-order valence-corrected chi connectivity index (χ0v) is 20.0. The van der Waals surface area contributed by atoms with E-state index >= 15 is 0 Å². The minimum Gasteiger partial charge on any atom is -0.294 e. The van der Waals surface area contributed by atoms with Crippen LogP contribution in [0.3, 0.4) is 0 Å². The molecule has 32 heavy (non-hydrogen) atoms. The number of carbonyl (C=O) groups is 1. The quantitative estimate of drug-likeness (QED) is 0.509. The van der Waals surface area contributed by atoms with Crippen LogP contribution < -0.4 is 14.9 Å². The summed E-state index contributed by atoms with van der Waals surface area (Å²) < 4.78 is 17.8. The topological polar surface area (TPSA) is 51.4 Å². The van der Waals surface area contributed by atoms with E-state index < -0.39 is 11.9 Å². The lowest BCUT2D eigenvalue weighted by molar-refractivity contribution is -0.118. The number of carbonyl (C=O) groups excluding carboxylic acids is 1. The number of benzene rings is 2. The van der Waals surface area contributed by atoms with Crippen LogP contribution in [0.1, 0.15) is 43.9 Å². The Balaban J connectivity index is 1.80. The van der Waals surface area contributed by atoms with Crippen LogP contribution in [0.2, 0.25) is 0 Å². The predicted octanol–water partition coefficient (Wildman–Crippen LogP) is 4.51. The lowest BCUT2D eigenvalue weighted by Gasteiger charge is -2.35. The van der Waals surface area contributed by atoms with E-state index in [1.807, 2.05) is 44.2 Å². The van der Waals surface area contributed by atoms with Gasteiger partial charge in [0, 0.05) is 22.0 Å². The molecule has 3 aromatic rings. The number of hydrogen-bond donors (Lipinski definition) is 0. The van der Waals surface area contributed by atoms with Crippen LogP contribution in [-0.4, -0.2) is 10.4 Å². The second-order valence-electron chi connectivity index (χ2n) is 8.96. The highest BCUT2D eigenvalue weighted by molar-refractivity contribution is 9.10. The smallest absolute Gasteiger partial charge is 0.271 e. The van der Waals surface area contributed by atoms with E-state index in [-0.39, 0.29) is 16.8 Å². The van der Waals surface area contributed by atoms with E-state index in [1.54, 1.807) is 18.2 Å². The van der Waals surface area contributed by atoms with Gasteiger partial charge in [-0.15, -0.1) is 0 Å². The number of fused-ring (bicyclic) bond motifs is 1. The zero-order valence-electron chi connectivity index (χ0n) is 17.6. The summed E-state index contributed by atoms with van der Waals surface area (Å²) in [7, 11) is 0. The molecule has 0 saturated carbocycles. The van der Waals surface area contributed by atoms with Gasteiger partial charge >= 0.3 is 0 Å². The highest BCUT2D eigenvalue weighted by Crippen LogP contribution is 2.43. The molecule has 1 aliphatic heterocycles. The van der Waals surface area contributed by atoms with Crippen LogP contribution in [0, 0.1) is 11.2 Å². The van der Waals surface area contributed by atoms with Gasteiger partial charge in [0.25, 0.3) is 5.56 Å². The average Bonchev–Trinajstić information content (AvgIpc) is 3.01. The lowest BCUT2D eigenvalue weighted by atomic mass is 9.73. The molecular formula is C25H20BrFN2O2S. The maximum Gasteiger partial charge on any atom is 0.271 e. The van der Waals surface area contributed by atoms with Gasteiger partial charge in [-0.1, -0.05) is 71.4 Å². The van der Waals surface area contributed by atoms with E-state index in [0.29, 0.717) is 39.0 Å². The minimum atomic E-state index is -0.810. The summed E-state index contributed by atoms with van der Waals surface area (Å²) in [5.41, 5.74) is 1.78. The second-order valence-corrected chi connectivity index (χ2v) is 10.9. The normalized spacial score (nSPS) is 20.1. The molecule has 0 fully saturated rings. The van der Waals surface area contributed by atoms with Crippen molar-refractivity contribution in [1.29, 1.82) is 0 Å². The van der Waals surface area contributed by atoms with Crippen molar-refractivity contribution < 1.29 is 9.18 Å².